The van der Waals surface area contributed by atoms with Gasteiger partial charge in [-0.2, -0.15) is 0 Å². The highest BCUT2D eigenvalue weighted by Gasteiger charge is 2.31. The third kappa shape index (κ3) is 4.84. The highest BCUT2D eigenvalue weighted by atomic mass is 35.5. The molecule has 1 N–H and O–H groups in total. The molecule has 0 radical (unpaired) electrons. The summed E-state index contributed by atoms with van der Waals surface area (Å²) in [5.74, 6) is 0.893. The summed E-state index contributed by atoms with van der Waals surface area (Å²) in [6, 6.07) is 5.39. The van der Waals surface area contributed by atoms with Gasteiger partial charge < -0.3 is 5.32 Å². The summed E-state index contributed by atoms with van der Waals surface area (Å²) in [5.41, 5.74) is 0. The monoisotopic (exact) mass is 350 g/mol. The van der Waals surface area contributed by atoms with Crippen molar-refractivity contribution < 1.29 is 0 Å². The van der Waals surface area contributed by atoms with Crippen LogP contribution in [0.2, 0.25) is 0 Å². The van der Waals surface area contributed by atoms with Gasteiger partial charge in [-0.3, -0.25) is 4.90 Å². The van der Waals surface area contributed by atoms with Gasteiger partial charge in [-0.1, -0.05) is 19.3 Å². The fourth-order valence-corrected chi connectivity index (χ4v) is 4.84. The smallest absolute Gasteiger partial charge is 0.0470 e. The molecule has 1 saturated heterocycles. The fraction of sp³-hybridized carbons (Fsp3) is 0.750. The zero-order valence-corrected chi connectivity index (χ0v) is 15.3. The standard InChI is InChI=1S/C16H26N2S.2ClH/c1-13-7-8-15(19-13)16(14-5-3-2-4-6-14)18-11-9-17-10-12-18;;/h7-8,14,16-17H,2-6,9-12H2,1H3;2*1H/t16-;;/m1../s1. The van der Waals surface area contributed by atoms with Crippen molar-refractivity contribution in [1.82, 2.24) is 10.2 Å². The van der Waals surface area contributed by atoms with Gasteiger partial charge in [-0.15, -0.1) is 36.2 Å². The van der Waals surface area contributed by atoms with E-state index in [2.05, 4.69) is 29.3 Å². The van der Waals surface area contributed by atoms with Gasteiger partial charge in [0.2, 0.25) is 0 Å². The number of hydrogen-bond acceptors (Lipinski definition) is 3. The Hall–Kier alpha value is 0.200. The van der Waals surface area contributed by atoms with Crippen LogP contribution in [0.5, 0.6) is 0 Å². The van der Waals surface area contributed by atoms with E-state index >= 15 is 0 Å². The topological polar surface area (TPSA) is 15.3 Å². The number of piperazine rings is 1. The Morgan fingerprint density at radius 2 is 1.76 bits per heavy atom. The third-order valence-electron chi connectivity index (χ3n) is 4.69. The van der Waals surface area contributed by atoms with Crippen LogP contribution < -0.4 is 5.32 Å². The molecule has 2 heterocycles. The minimum atomic E-state index is 0. The first-order valence-electron chi connectivity index (χ1n) is 7.86. The Labute approximate surface area is 145 Å². The van der Waals surface area contributed by atoms with Crippen LogP contribution in [0.3, 0.4) is 0 Å². The number of nitrogens with zero attached hydrogens (tertiary/aromatic N) is 1. The minimum Gasteiger partial charge on any atom is -0.314 e. The Balaban J connectivity index is 0.00000110. The lowest BCUT2D eigenvalue weighted by atomic mass is 9.82. The molecule has 2 aliphatic rings. The first-order chi connectivity index (χ1) is 9.34. The zero-order valence-electron chi connectivity index (χ0n) is 12.8. The van der Waals surface area contributed by atoms with E-state index in [1.54, 1.807) is 4.88 Å². The molecule has 1 aliphatic heterocycles. The Bertz CT molecular complexity index is 381. The SMILES string of the molecule is Cc1ccc([C@@H](C2CCCCC2)N2CCNCC2)s1.Cl.Cl. The van der Waals surface area contributed by atoms with Gasteiger partial charge in [0.15, 0.2) is 0 Å². The van der Waals surface area contributed by atoms with Crippen LogP contribution in [0.1, 0.15) is 47.9 Å². The second-order valence-electron chi connectivity index (χ2n) is 6.08. The Morgan fingerprint density at radius 1 is 1.10 bits per heavy atom. The van der Waals surface area contributed by atoms with E-state index in [4.69, 9.17) is 0 Å². The lowest BCUT2D eigenvalue weighted by Crippen LogP contribution is -2.47. The molecule has 0 spiro atoms. The number of nitrogens with one attached hydrogen (secondary N) is 1. The van der Waals surface area contributed by atoms with Crippen LogP contribution in [0.25, 0.3) is 0 Å². The van der Waals surface area contributed by atoms with Crippen molar-refractivity contribution in [2.75, 3.05) is 26.2 Å². The zero-order chi connectivity index (χ0) is 13.1. The molecule has 1 saturated carbocycles. The number of aryl methyl sites for hydroxylation is 1. The van der Waals surface area contributed by atoms with Gasteiger partial charge in [-0.05, 0) is 37.8 Å². The Morgan fingerprint density at radius 3 is 2.33 bits per heavy atom. The number of rotatable bonds is 3. The summed E-state index contributed by atoms with van der Waals surface area (Å²) >= 11 is 2.02. The summed E-state index contributed by atoms with van der Waals surface area (Å²) in [7, 11) is 0. The van der Waals surface area contributed by atoms with Crippen LogP contribution in [0, 0.1) is 12.8 Å². The number of thiophene rings is 1. The first kappa shape index (κ1) is 19.2. The van der Waals surface area contributed by atoms with Crippen LogP contribution in [0.15, 0.2) is 12.1 Å². The van der Waals surface area contributed by atoms with E-state index in [-0.39, 0.29) is 24.8 Å². The van der Waals surface area contributed by atoms with Gasteiger partial charge in [0.25, 0.3) is 0 Å². The maximum atomic E-state index is 3.49. The molecule has 1 atom stereocenters. The van der Waals surface area contributed by atoms with Crippen LogP contribution in [0.4, 0.5) is 0 Å². The van der Waals surface area contributed by atoms with Crippen LogP contribution in [-0.4, -0.2) is 31.1 Å². The van der Waals surface area contributed by atoms with Gasteiger partial charge in [0.1, 0.15) is 0 Å². The van der Waals surface area contributed by atoms with Gasteiger partial charge in [-0.25, -0.2) is 0 Å². The highest BCUT2D eigenvalue weighted by molar-refractivity contribution is 7.12. The molecule has 1 aromatic heterocycles. The van der Waals surface area contributed by atoms with Crippen molar-refractivity contribution >= 4 is 36.2 Å². The molecular weight excluding hydrogens is 323 g/mol. The number of halogens is 2. The quantitative estimate of drug-likeness (QED) is 0.867. The lowest BCUT2D eigenvalue weighted by Gasteiger charge is -2.40. The summed E-state index contributed by atoms with van der Waals surface area (Å²) in [6.45, 7) is 7.00. The van der Waals surface area contributed by atoms with E-state index in [0.717, 1.165) is 19.0 Å². The van der Waals surface area contributed by atoms with Crippen molar-refractivity contribution in [3.63, 3.8) is 0 Å². The van der Waals surface area contributed by atoms with E-state index in [1.165, 1.54) is 50.1 Å². The molecule has 5 heteroatoms. The summed E-state index contributed by atoms with van der Waals surface area (Å²) in [6.07, 6.45) is 7.21. The van der Waals surface area contributed by atoms with Crippen molar-refractivity contribution in [3.05, 3.63) is 21.9 Å². The second kappa shape index (κ2) is 9.36. The lowest BCUT2D eigenvalue weighted by molar-refractivity contribution is 0.106. The number of hydrogen-bond donors (Lipinski definition) is 1. The first-order valence-corrected chi connectivity index (χ1v) is 8.67. The molecule has 2 fully saturated rings. The molecule has 0 amide bonds. The molecule has 0 unspecified atom stereocenters. The molecular formula is C16H28Cl2N2S. The van der Waals surface area contributed by atoms with E-state index in [9.17, 15) is 0 Å². The predicted octanol–water partition coefficient (Wildman–Crippen LogP) is 4.43. The molecule has 0 aromatic carbocycles. The summed E-state index contributed by atoms with van der Waals surface area (Å²) in [4.78, 5) is 5.83. The van der Waals surface area contributed by atoms with Gasteiger partial charge >= 0.3 is 0 Å². The maximum absolute atomic E-state index is 3.49. The Kier molecular flexibility index (Phi) is 8.58. The normalized spacial score (nSPS) is 22.1. The third-order valence-corrected chi connectivity index (χ3v) is 5.77. The minimum absolute atomic E-state index is 0. The molecule has 2 nitrogen and oxygen atoms in total. The predicted molar refractivity (Wildman–Crippen MR) is 97.3 cm³/mol. The highest BCUT2D eigenvalue weighted by Crippen LogP contribution is 2.40. The van der Waals surface area contributed by atoms with E-state index < -0.39 is 0 Å². The van der Waals surface area contributed by atoms with Crippen molar-refractivity contribution in [1.29, 1.82) is 0 Å². The molecule has 1 aromatic rings. The van der Waals surface area contributed by atoms with E-state index in [0.29, 0.717) is 6.04 Å². The average Bonchev–Trinajstić information content (AvgIpc) is 2.88. The molecule has 3 rings (SSSR count). The van der Waals surface area contributed by atoms with Crippen molar-refractivity contribution in [2.45, 2.75) is 45.1 Å². The van der Waals surface area contributed by atoms with Crippen molar-refractivity contribution in [2.24, 2.45) is 5.92 Å². The maximum Gasteiger partial charge on any atom is 0.0470 e. The molecule has 1 aliphatic carbocycles. The average molecular weight is 351 g/mol. The van der Waals surface area contributed by atoms with Crippen LogP contribution in [-0.2, 0) is 0 Å². The summed E-state index contributed by atoms with van der Waals surface area (Å²) < 4.78 is 0. The molecule has 122 valence electrons. The fourth-order valence-electron chi connectivity index (χ4n) is 3.73. The molecule has 0 bridgehead atoms. The van der Waals surface area contributed by atoms with Crippen molar-refractivity contribution in [3.8, 4) is 0 Å². The second-order valence-corrected chi connectivity index (χ2v) is 7.40. The van der Waals surface area contributed by atoms with E-state index in [1.807, 2.05) is 11.3 Å². The van der Waals surface area contributed by atoms with Gasteiger partial charge in [0, 0.05) is 42.0 Å². The largest absolute Gasteiger partial charge is 0.314 e. The van der Waals surface area contributed by atoms with Gasteiger partial charge in [0.05, 0.1) is 0 Å². The summed E-state index contributed by atoms with van der Waals surface area (Å²) in [5, 5.41) is 3.49. The molecule has 21 heavy (non-hydrogen) atoms. The van der Waals surface area contributed by atoms with Crippen LogP contribution >= 0.6 is 36.2 Å².